The summed E-state index contributed by atoms with van der Waals surface area (Å²) in [4.78, 5) is 0. The zero-order chi connectivity index (χ0) is 31.9. The van der Waals surface area contributed by atoms with E-state index in [0.717, 1.165) is 62.4 Å². The van der Waals surface area contributed by atoms with Crippen LogP contribution in [0.5, 0.6) is 0 Å². The van der Waals surface area contributed by atoms with Gasteiger partial charge in [-0.15, -0.1) is 0 Å². The molecule has 4 nitrogen and oxygen atoms in total. The standard InChI is InChI=1S/C44H29N3O/c1-27-25-35-32-18-7-8-21-36(32)46(29-14-3-2-4-15-29)42(35)44-40(27)33-19-12-20-34(43(33)48-44)41-28(26-45)13-11-24-39(41)47-37-22-9-5-16-30(37)31-17-6-10-23-38(31)47/h2-24,27H,25H2,1H3. The molecule has 9 aromatic rings. The number of hydrogen-bond acceptors (Lipinski definition) is 2. The van der Waals surface area contributed by atoms with Crippen molar-refractivity contribution in [3.05, 3.63) is 156 Å². The van der Waals surface area contributed by atoms with E-state index < -0.39 is 0 Å². The summed E-state index contributed by atoms with van der Waals surface area (Å²) < 4.78 is 11.8. The Morgan fingerprint density at radius 1 is 0.625 bits per heavy atom. The monoisotopic (exact) mass is 615 g/mol. The van der Waals surface area contributed by atoms with E-state index in [-0.39, 0.29) is 5.92 Å². The van der Waals surface area contributed by atoms with Gasteiger partial charge in [-0.3, -0.25) is 0 Å². The summed E-state index contributed by atoms with van der Waals surface area (Å²) in [7, 11) is 0. The van der Waals surface area contributed by atoms with Crippen molar-refractivity contribution in [2.45, 2.75) is 19.3 Å². The second-order valence-electron chi connectivity index (χ2n) is 12.8. The molecule has 6 aromatic carbocycles. The average molecular weight is 616 g/mol. The Kier molecular flexibility index (Phi) is 5.65. The van der Waals surface area contributed by atoms with E-state index in [2.05, 4.69) is 150 Å². The fraction of sp³-hybridized carbons (Fsp3) is 0.0682. The van der Waals surface area contributed by atoms with Crippen LogP contribution in [0.1, 0.15) is 29.5 Å². The number of fused-ring (bicyclic) bond motifs is 10. The second kappa shape index (κ2) is 10.1. The van der Waals surface area contributed by atoms with Gasteiger partial charge >= 0.3 is 0 Å². The summed E-state index contributed by atoms with van der Waals surface area (Å²) >= 11 is 0. The quantitative estimate of drug-likeness (QED) is 0.198. The molecule has 0 spiro atoms. The van der Waals surface area contributed by atoms with Gasteiger partial charge in [0.15, 0.2) is 5.76 Å². The molecule has 0 radical (unpaired) electrons. The number of nitriles is 1. The Morgan fingerprint density at radius 3 is 1.94 bits per heavy atom. The third-order valence-corrected chi connectivity index (χ3v) is 10.2. The molecule has 0 fully saturated rings. The van der Waals surface area contributed by atoms with Gasteiger partial charge in [0.2, 0.25) is 0 Å². The van der Waals surface area contributed by atoms with Gasteiger partial charge in [-0.2, -0.15) is 5.26 Å². The lowest BCUT2D eigenvalue weighted by Gasteiger charge is -2.21. The molecular weight excluding hydrogens is 587 g/mol. The number of benzene rings is 6. The highest BCUT2D eigenvalue weighted by Gasteiger charge is 2.34. The lowest BCUT2D eigenvalue weighted by atomic mass is 9.84. The SMILES string of the molecule is CC1Cc2c(n(-c3ccccc3)c3ccccc23)-c2oc3c(-c4c(C#N)cccc4-n4c5ccccc5c5ccccc54)cccc3c21. The minimum atomic E-state index is 0.252. The molecule has 0 N–H and O–H groups in total. The molecule has 0 bridgehead atoms. The molecule has 0 amide bonds. The van der Waals surface area contributed by atoms with E-state index in [1.807, 2.05) is 12.1 Å². The second-order valence-corrected chi connectivity index (χ2v) is 12.8. The smallest absolute Gasteiger partial charge is 0.156 e. The first-order valence-corrected chi connectivity index (χ1v) is 16.5. The van der Waals surface area contributed by atoms with Crippen molar-refractivity contribution in [1.29, 1.82) is 5.26 Å². The van der Waals surface area contributed by atoms with Gasteiger partial charge in [0, 0.05) is 43.9 Å². The first-order chi connectivity index (χ1) is 23.7. The Labute approximate surface area is 277 Å². The highest BCUT2D eigenvalue weighted by molar-refractivity contribution is 6.11. The van der Waals surface area contributed by atoms with Gasteiger partial charge in [0.05, 0.1) is 39.6 Å². The fourth-order valence-corrected chi connectivity index (χ4v) is 8.29. The zero-order valence-electron chi connectivity index (χ0n) is 26.3. The third-order valence-electron chi connectivity index (χ3n) is 10.2. The largest absolute Gasteiger partial charge is 0.454 e. The Balaban J connectivity index is 1.30. The maximum atomic E-state index is 10.6. The Bertz CT molecular complexity index is 2730. The molecule has 226 valence electrons. The van der Waals surface area contributed by atoms with E-state index in [1.54, 1.807) is 0 Å². The van der Waals surface area contributed by atoms with Crippen LogP contribution in [-0.4, -0.2) is 9.13 Å². The topological polar surface area (TPSA) is 46.8 Å². The summed E-state index contributed by atoms with van der Waals surface area (Å²) in [5.41, 5.74) is 12.3. The molecule has 1 atom stereocenters. The molecule has 0 saturated heterocycles. The van der Waals surface area contributed by atoms with Gasteiger partial charge in [-0.25, -0.2) is 0 Å². The van der Waals surface area contributed by atoms with Crippen LogP contribution in [0.25, 0.3) is 77.6 Å². The van der Waals surface area contributed by atoms with E-state index in [0.29, 0.717) is 5.56 Å². The van der Waals surface area contributed by atoms with Crippen LogP contribution >= 0.6 is 0 Å². The van der Waals surface area contributed by atoms with Gasteiger partial charge in [-0.1, -0.05) is 104 Å². The van der Waals surface area contributed by atoms with Crippen molar-refractivity contribution in [3.63, 3.8) is 0 Å². The predicted octanol–water partition coefficient (Wildman–Crippen LogP) is 11.3. The van der Waals surface area contributed by atoms with Crippen molar-refractivity contribution < 1.29 is 4.42 Å². The molecule has 4 heteroatoms. The van der Waals surface area contributed by atoms with Crippen molar-refractivity contribution in [1.82, 2.24) is 9.13 Å². The highest BCUT2D eigenvalue weighted by atomic mass is 16.3. The van der Waals surface area contributed by atoms with Crippen LogP contribution in [0.2, 0.25) is 0 Å². The van der Waals surface area contributed by atoms with Crippen LogP contribution in [0, 0.1) is 11.3 Å². The van der Waals surface area contributed by atoms with E-state index in [4.69, 9.17) is 4.42 Å². The van der Waals surface area contributed by atoms with Crippen molar-refractivity contribution in [2.75, 3.05) is 0 Å². The summed E-state index contributed by atoms with van der Waals surface area (Å²) in [5.74, 6) is 1.17. The number of aromatic nitrogens is 2. The lowest BCUT2D eigenvalue weighted by Crippen LogP contribution is -2.08. The van der Waals surface area contributed by atoms with Crippen molar-refractivity contribution >= 4 is 43.7 Å². The van der Waals surface area contributed by atoms with E-state index >= 15 is 0 Å². The summed E-state index contributed by atoms with van der Waals surface area (Å²) in [6.07, 6.45) is 0.920. The van der Waals surface area contributed by atoms with Gasteiger partial charge in [0.1, 0.15) is 5.58 Å². The molecule has 1 aliphatic rings. The minimum Gasteiger partial charge on any atom is -0.454 e. The van der Waals surface area contributed by atoms with Crippen molar-refractivity contribution in [3.8, 4) is 40.0 Å². The van der Waals surface area contributed by atoms with E-state index in [9.17, 15) is 5.26 Å². The number of furan rings is 1. The molecule has 3 aromatic heterocycles. The maximum absolute atomic E-state index is 10.6. The normalized spacial score (nSPS) is 14.0. The van der Waals surface area contributed by atoms with Crippen LogP contribution in [0.3, 0.4) is 0 Å². The molecule has 10 rings (SSSR count). The molecule has 0 saturated carbocycles. The molecule has 1 unspecified atom stereocenters. The predicted molar refractivity (Wildman–Crippen MR) is 195 cm³/mol. The average Bonchev–Trinajstić information content (AvgIpc) is 3.80. The molecule has 0 aliphatic heterocycles. The molecule has 1 aliphatic carbocycles. The summed E-state index contributed by atoms with van der Waals surface area (Å²) in [6.45, 7) is 2.31. The molecule has 3 heterocycles. The minimum absolute atomic E-state index is 0.252. The van der Waals surface area contributed by atoms with Gasteiger partial charge in [-0.05, 0) is 60.4 Å². The van der Waals surface area contributed by atoms with Crippen LogP contribution in [0.15, 0.2) is 144 Å². The third kappa shape index (κ3) is 3.59. The summed E-state index contributed by atoms with van der Waals surface area (Å²) in [5, 5.41) is 15.3. The van der Waals surface area contributed by atoms with Crippen molar-refractivity contribution in [2.24, 2.45) is 0 Å². The molecular formula is C44H29N3O. The first-order valence-electron chi connectivity index (χ1n) is 16.5. The highest BCUT2D eigenvalue weighted by Crippen LogP contribution is 2.51. The fourth-order valence-electron chi connectivity index (χ4n) is 8.29. The first kappa shape index (κ1) is 26.9. The van der Waals surface area contributed by atoms with Gasteiger partial charge in [0.25, 0.3) is 0 Å². The Hall–Kier alpha value is -6.31. The Morgan fingerprint density at radius 2 is 1.23 bits per heavy atom. The zero-order valence-corrected chi connectivity index (χ0v) is 26.3. The number of nitrogens with zero attached hydrogens (tertiary/aromatic N) is 3. The van der Waals surface area contributed by atoms with Crippen LogP contribution in [-0.2, 0) is 6.42 Å². The van der Waals surface area contributed by atoms with Gasteiger partial charge < -0.3 is 13.6 Å². The van der Waals surface area contributed by atoms with Crippen LogP contribution in [0.4, 0.5) is 0 Å². The summed E-state index contributed by atoms with van der Waals surface area (Å²) in [6, 6.07) is 51.3. The lowest BCUT2D eigenvalue weighted by molar-refractivity contribution is 0.605. The van der Waals surface area contributed by atoms with Crippen LogP contribution < -0.4 is 0 Å². The van der Waals surface area contributed by atoms with E-state index in [1.165, 1.54) is 32.8 Å². The maximum Gasteiger partial charge on any atom is 0.156 e. The number of para-hydroxylation sites is 5. The molecule has 48 heavy (non-hydrogen) atoms. The number of hydrogen-bond donors (Lipinski definition) is 0. The number of rotatable bonds is 3.